The number of rotatable bonds is 15. The average Bonchev–Trinajstić information content (AvgIpc) is 0.784. The van der Waals surface area contributed by atoms with Gasteiger partial charge in [-0.05, 0) is 209 Å². The number of halogens is 1. The van der Waals surface area contributed by atoms with Gasteiger partial charge in [-0.3, -0.25) is 30.9 Å². The molecule has 0 radical (unpaired) electrons. The summed E-state index contributed by atoms with van der Waals surface area (Å²) in [6.07, 6.45) is 11.7. The van der Waals surface area contributed by atoms with Crippen LogP contribution in [0.5, 0.6) is 23.0 Å². The van der Waals surface area contributed by atoms with E-state index in [0.29, 0.717) is 91.2 Å². The summed E-state index contributed by atoms with van der Waals surface area (Å²) in [5.74, 6) is 3.53. The third-order valence-corrected chi connectivity index (χ3v) is 22.1. The Balaban J connectivity index is 0.000000209. The third-order valence-electron chi connectivity index (χ3n) is 22.1. The Bertz CT molecular complexity index is 3930. The molecule has 4 saturated heterocycles. The molecule has 4 fully saturated rings. The van der Waals surface area contributed by atoms with Crippen molar-refractivity contribution in [1.29, 1.82) is 0 Å². The average molecular weight is 1740 g/mol. The van der Waals surface area contributed by atoms with Crippen molar-refractivity contribution in [2.75, 3.05) is 98.4 Å². The number of fused-ring (bicyclic) bond motifs is 4. The Morgan fingerprint density at radius 2 is 0.769 bits per heavy atom. The van der Waals surface area contributed by atoms with E-state index in [2.05, 4.69) is 60.9 Å². The van der Waals surface area contributed by atoms with Gasteiger partial charge in [0.15, 0.2) is 5.97 Å². The van der Waals surface area contributed by atoms with Gasteiger partial charge in [0.2, 0.25) is 11.8 Å². The molecule has 8 aliphatic heterocycles. The van der Waals surface area contributed by atoms with E-state index >= 15 is 0 Å². The van der Waals surface area contributed by atoms with Crippen molar-refractivity contribution in [3.63, 3.8) is 0 Å². The summed E-state index contributed by atoms with van der Waals surface area (Å²) < 4.78 is 56.8. The first-order chi connectivity index (χ1) is 55.5. The van der Waals surface area contributed by atoms with Crippen molar-refractivity contribution < 1.29 is 102 Å². The molecule has 8 aliphatic rings. The number of hydrogen-bond acceptors (Lipinski definition) is 19. The van der Waals surface area contributed by atoms with E-state index in [0.717, 1.165) is 142 Å². The summed E-state index contributed by atoms with van der Waals surface area (Å²) in [4.78, 5) is 106. The number of amides is 5. The Morgan fingerprint density at radius 1 is 0.444 bits per heavy atom. The van der Waals surface area contributed by atoms with Gasteiger partial charge in [-0.25, -0.2) is 14.4 Å². The molecule has 8 heterocycles. The van der Waals surface area contributed by atoms with Crippen LogP contribution in [0.2, 0.25) is 0 Å². The molecule has 12 rings (SSSR count). The summed E-state index contributed by atoms with van der Waals surface area (Å²) in [5.41, 5.74) is 2.43. The number of para-hydroxylation sites is 4. The van der Waals surface area contributed by atoms with Crippen LogP contribution in [0.4, 0.5) is 14.4 Å². The molecule has 1 N–H and O–H groups in total. The second kappa shape index (κ2) is 44.3. The fourth-order valence-electron chi connectivity index (χ4n) is 16.5. The van der Waals surface area contributed by atoms with Gasteiger partial charge < -0.3 is 77.2 Å². The maximum atomic E-state index is 12.8. The van der Waals surface area contributed by atoms with Crippen molar-refractivity contribution in [3.05, 3.63) is 132 Å². The molecular formula is C91H131BrN6O18Zn. The quantitative estimate of drug-likeness (QED) is 0.0502. The van der Waals surface area contributed by atoms with Crippen LogP contribution in [-0.2, 0) is 68.7 Å². The second-order valence-corrected chi connectivity index (χ2v) is 34.0. The summed E-state index contributed by atoms with van der Waals surface area (Å²) in [5, 5.41) is 3.42. The van der Waals surface area contributed by atoms with E-state index in [-0.39, 0.29) is 83.0 Å². The van der Waals surface area contributed by atoms with Crippen LogP contribution in [-0.4, -0.2) is 210 Å². The van der Waals surface area contributed by atoms with Gasteiger partial charge in [0, 0.05) is 140 Å². The van der Waals surface area contributed by atoms with E-state index in [4.69, 9.17) is 42.6 Å². The van der Waals surface area contributed by atoms with E-state index in [1.54, 1.807) is 28.5 Å². The van der Waals surface area contributed by atoms with Gasteiger partial charge in [-0.15, -0.1) is 0 Å². The number of carbonyl (C=O) groups is 8. The van der Waals surface area contributed by atoms with Crippen LogP contribution in [0.1, 0.15) is 247 Å². The molecule has 117 heavy (non-hydrogen) atoms. The van der Waals surface area contributed by atoms with E-state index in [9.17, 15) is 38.4 Å². The Kier molecular flexibility index (Phi) is 36.3. The normalized spacial score (nSPS) is 19.3. The Morgan fingerprint density at radius 3 is 1.11 bits per heavy atom. The molecule has 3 atom stereocenters. The molecule has 0 bridgehead atoms. The minimum atomic E-state index is -0.519. The first-order valence-corrected chi connectivity index (χ1v) is 49.1. The summed E-state index contributed by atoms with van der Waals surface area (Å²) in [7, 11) is 0. The minimum absolute atomic E-state index is 0.0667. The maximum absolute atomic E-state index is 12.8. The fraction of sp³-hybridized carbons (Fsp3) is 0.615. The van der Waals surface area contributed by atoms with Crippen molar-refractivity contribution in [1.82, 2.24) is 29.8 Å². The van der Waals surface area contributed by atoms with Crippen LogP contribution >= 0.6 is 13.6 Å². The topological polar surface area (TPSA) is 257 Å². The summed E-state index contributed by atoms with van der Waals surface area (Å²) in [6, 6.07) is 32.0. The molecule has 3 unspecified atom stereocenters. The number of piperidine rings is 4. The van der Waals surface area contributed by atoms with Gasteiger partial charge >= 0.3 is 60.2 Å². The van der Waals surface area contributed by atoms with E-state index < -0.39 is 28.4 Å². The van der Waals surface area contributed by atoms with Crippen molar-refractivity contribution in [2.45, 2.75) is 264 Å². The zero-order valence-corrected chi connectivity index (χ0v) is 77.2. The summed E-state index contributed by atoms with van der Waals surface area (Å²) in [6.45, 7) is 43.0. The molecule has 0 saturated carbocycles. The van der Waals surface area contributed by atoms with Crippen LogP contribution in [0.3, 0.4) is 0 Å². The number of carbonyl (C=O) groups excluding carboxylic acids is 8. The number of ether oxygens (including phenoxy) is 10. The molecule has 4 aromatic rings. The standard InChI is InChI=1S/C24H36N2O4.C22H31NO5.C22H29NO5.C19H28N2O2.C4H7O2.BrH.Zn/c1-6-25(7-2)21(27)16-18-17-24(29-20-11-9-8-10-19(18)20)12-14-26(15-13-24)22(28)30-23(3,4)5;2*1-5-26-19(24)14-16-15-22(27-18-9-7-6-8-17(16)18)10-12-23(13-11-22)20(25)28-21(2,3)4;1-3-21(4-2)18(22)13-15-14-19(9-11-20-12-10-19)23-17-8-6-5-7-16(15)17;1-3-6-4(2)5;;/h8-11,18H,6-7,12-17H2,1-5H3;6-9,16H,5,10-15H2,1-4H3;6-9,15H,5,10-14H2,1-4H3;5-8,15,20H,3-4,9-14H2,1-2H3;2-3H2,1H3;1H;/q;;;;-1;;+2/p-1. The third kappa shape index (κ3) is 28.6. The number of nitrogens with one attached hydrogen (secondary N) is 1. The predicted molar refractivity (Wildman–Crippen MR) is 451 cm³/mol. The number of benzene rings is 4. The monoisotopic (exact) mass is 1740 g/mol. The van der Waals surface area contributed by atoms with Crippen molar-refractivity contribution in [2.24, 2.45) is 0 Å². The zero-order chi connectivity index (χ0) is 85.9. The molecule has 5 amide bonds. The number of nitrogens with zero attached hydrogens (tertiary/aromatic N) is 5. The predicted octanol–water partition coefficient (Wildman–Crippen LogP) is 17.2. The second-order valence-electron chi connectivity index (χ2n) is 34.0. The van der Waals surface area contributed by atoms with Crippen molar-refractivity contribution >= 4 is 67.2 Å². The number of likely N-dealkylation sites (tertiary alicyclic amines) is 3. The summed E-state index contributed by atoms with van der Waals surface area (Å²) >= 11 is 4.25. The SMILES string of the molecule is CCN(CC)C(=O)CC1CC2(CCN(C(=O)OC(C)(C)C)CC2)Oc2ccccc21.CCN(CC)C(=O)CC1CC2(CCNCC2)Oc2ccccc21.CCOC(=O)CC1=CC2(CCN(C(=O)OC(C)(C)C)CC2)Oc2ccccc21.CCOC(=O)CC1CC2(CCN(C(=O)OC(C)(C)C)CC2)Oc2ccccc21.[CH2-]C(=O)OCC.[Zn+][Br]. The molecule has 26 heteroatoms. The zero-order valence-electron chi connectivity index (χ0n) is 72.6. The first kappa shape index (κ1) is 96.0. The molecule has 642 valence electrons. The first-order valence-electron chi connectivity index (χ1n) is 42.1. The van der Waals surface area contributed by atoms with Crippen LogP contribution in [0, 0.1) is 6.92 Å². The Hall–Kier alpha value is -8.09. The van der Waals surface area contributed by atoms with Gasteiger partial charge in [-0.1, -0.05) is 72.8 Å². The van der Waals surface area contributed by atoms with Gasteiger partial charge in [0.1, 0.15) is 62.2 Å². The molecule has 0 aromatic heterocycles. The Labute approximate surface area is 712 Å². The molecule has 0 aliphatic carbocycles. The molecule has 24 nitrogen and oxygen atoms in total. The molecular weight excluding hydrogens is 1610 g/mol. The van der Waals surface area contributed by atoms with E-state index in [1.165, 1.54) is 21.9 Å². The van der Waals surface area contributed by atoms with Crippen LogP contribution in [0.25, 0.3) is 5.57 Å². The number of esters is 3. The molecule has 4 spiro atoms. The van der Waals surface area contributed by atoms with Crippen LogP contribution in [0.15, 0.2) is 103 Å². The van der Waals surface area contributed by atoms with E-state index in [1.807, 2.05) is 180 Å². The number of hydrogen-bond donors (Lipinski definition) is 1. The van der Waals surface area contributed by atoms with Gasteiger partial charge in [0.25, 0.3) is 0 Å². The van der Waals surface area contributed by atoms with Gasteiger partial charge in [0.05, 0.1) is 32.7 Å². The van der Waals surface area contributed by atoms with Crippen molar-refractivity contribution in [3.8, 4) is 23.0 Å². The van der Waals surface area contributed by atoms with Crippen LogP contribution < -0.4 is 24.3 Å². The fourth-order valence-corrected chi connectivity index (χ4v) is 16.5. The molecule has 4 aromatic carbocycles. The van der Waals surface area contributed by atoms with Gasteiger partial charge in [-0.2, -0.15) is 0 Å².